The number of aromatic nitrogens is 3. The van der Waals surface area contributed by atoms with Gasteiger partial charge in [-0.2, -0.15) is 5.10 Å². The average Bonchev–Trinajstić information content (AvgIpc) is 2.59. The number of anilines is 1. The molecule has 14 heavy (non-hydrogen) atoms. The third kappa shape index (κ3) is 0.898. The molecule has 0 aliphatic carbocycles. The van der Waals surface area contributed by atoms with E-state index >= 15 is 0 Å². The maximum atomic E-state index is 5.73. The van der Waals surface area contributed by atoms with Gasteiger partial charge in [-0.25, -0.2) is 4.98 Å². The average molecular weight is 202 g/mol. The Hall–Kier alpha value is -1.75. The van der Waals surface area contributed by atoms with E-state index in [2.05, 4.69) is 15.2 Å². The van der Waals surface area contributed by atoms with Crippen LogP contribution in [0.4, 0.5) is 5.82 Å². The lowest BCUT2D eigenvalue weighted by atomic mass is 10.2. The smallest absolute Gasteiger partial charge is 0.164 e. The van der Waals surface area contributed by atoms with Crippen molar-refractivity contribution in [2.45, 2.75) is 0 Å². The maximum Gasteiger partial charge on any atom is 0.164 e. The van der Waals surface area contributed by atoms with Gasteiger partial charge in [0.25, 0.3) is 0 Å². The van der Waals surface area contributed by atoms with Crippen LogP contribution in [0, 0.1) is 0 Å². The fraction of sp³-hybridized carbons (Fsp3) is 0. The molecule has 0 aliphatic rings. The van der Waals surface area contributed by atoms with Crippen molar-refractivity contribution in [1.82, 2.24) is 15.2 Å². The van der Waals surface area contributed by atoms with Crippen molar-refractivity contribution in [2.24, 2.45) is 0 Å². The van der Waals surface area contributed by atoms with Crippen molar-refractivity contribution in [2.75, 3.05) is 5.73 Å². The Bertz CT molecular complexity index is 616. The molecule has 5 heteroatoms. The van der Waals surface area contributed by atoms with Crippen molar-refractivity contribution in [3.05, 3.63) is 24.5 Å². The summed E-state index contributed by atoms with van der Waals surface area (Å²) in [4.78, 5) is 5.24. The predicted octanol–water partition coefficient (Wildman–Crippen LogP) is 1.82. The third-order valence-corrected chi connectivity index (χ3v) is 3.24. The molecule has 0 fully saturated rings. The number of pyridine rings is 1. The second kappa shape index (κ2) is 2.62. The number of thiophene rings is 1. The number of nitrogens with two attached hydrogens (primary N) is 1. The van der Waals surface area contributed by atoms with E-state index in [0.717, 1.165) is 20.3 Å². The van der Waals surface area contributed by atoms with Gasteiger partial charge in [-0.05, 0) is 12.1 Å². The lowest BCUT2D eigenvalue weighted by molar-refractivity contribution is 1.06. The van der Waals surface area contributed by atoms with E-state index < -0.39 is 0 Å². The SMILES string of the molecule is Nc1nncc2c1sc1ncccc12. The maximum absolute atomic E-state index is 5.73. The normalized spacial score (nSPS) is 11.1. The summed E-state index contributed by atoms with van der Waals surface area (Å²) >= 11 is 1.55. The van der Waals surface area contributed by atoms with Crippen LogP contribution in [0.5, 0.6) is 0 Å². The lowest BCUT2D eigenvalue weighted by Gasteiger charge is -1.91. The van der Waals surface area contributed by atoms with Gasteiger partial charge in [0.05, 0.1) is 10.9 Å². The standard InChI is InChI=1S/C9H6N4S/c10-8-7-6(4-12-13-8)5-2-1-3-11-9(5)14-7/h1-4H,(H2,10,13). The number of rotatable bonds is 0. The summed E-state index contributed by atoms with van der Waals surface area (Å²) in [6.07, 6.45) is 3.50. The molecule has 0 aromatic carbocycles. The van der Waals surface area contributed by atoms with Crippen LogP contribution in [0.25, 0.3) is 20.3 Å². The van der Waals surface area contributed by atoms with E-state index in [1.165, 1.54) is 0 Å². The highest BCUT2D eigenvalue weighted by molar-refractivity contribution is 7.26. The molecule has 3 heterocycles. The summed E-state index contributed by atoms with van der Waals surface area (Å²) in [5.41, 5.74) is 5.73. The van der Waals surface area contributed by atoms with Crippen LogP contribution >= 0.6 is 11.3 Å². The van der Waals surface area contributed by atoms with Crippen LogP contribution in [0.3, 0.4) is 0 Å². The van der Waals surface area contributed by atoms with Crippen molar-refractivity contribution in [3.8, 4) is 0 Å². The zero-order chi connectivity index (χ0) is 9.54. The van der Waals surface area contributed by atoms with E-state index in [1.807, 2.05) is 12.1 Å². The fourth-order valence-electron chi connectivity index (χ4n) is 1.46. The van der Waals surface area contributed by atoms with Gasteiger partial charge < -0.3 is 5.73 Å². The second-order valence-electron chi connectivity index (χ2n) is 2.93. The molecule has 0 unspecified atom stereocenters. The molecule has 0 bridgehead atoms. The molecule has 3 rings (SSSR count). The van der Waals surface area contributed by atoms with E-state index in [-0.39, 0.29) is 0 Å². The molecule has 68 valence electrons. The molecule has 3 aromatic rings. The summed E-state index contributed by atoms with van der Waals surface area (Å²) in [7, 11) is 0. The Morgan fingerprint density at radius 2 is 2.21 bits per heavy atom. The Balaban J connectivity index is 2.63. The first-order valence-electron chi connectivity index (χ1n) is 4.10. The molecular formula is C9H6N4S. The Morgan fingerprint density at radius 1 is 1.29 bits per heavy atom. The van der Waals surface area contributed by atoms with Gasteiger partial charge in [-0.15, -0.1) is 16.4 Å². The first kappa shape index (κ1) is 7.64. The van der Waals surface area contributed by atoms with Gasteiger partial charge in [0.2, 0.25) is 0 Å². The molecular weight excluding hydrogens is 196 g/mol. The van der Waals surface area contributed by atoms with Gasteiger partial charge in [-0.3, -0.25) is 0 Å². The summed E-state index contributed by atoms with van der Waals surface area (Å²) in [6.45, 7) is 0. The Labute approximate surface area is 83.4 Å². The Kier molecular flexibility index (Phi) is 1.43. The predicted molar refractivity (Wildman–Crippen MR) is 57.1 cm³/mol. The molecule has 0 saturated heterocycles. The minimum absolute atomic E-state index is 0.477. The van der Waals surface area contributed by atoms with Gasteiger partial charge in [0.1, 0.15) is 4.83 Å². The minimum Gasteiger partial charge on any atom is -0.381 e. The van der Waals surface area contributed by atoms with Gasteiger partial charge in [-0.1, -0.05) is 0 Å². The first-order chi connectivity index (χ1) is 6.86. The van der Waals surface area contributed by atoms with Gasteiger partial charge >= 0.3 is 0 Å². The van der Waals surface area contributed by atoms with Crippen LogP contribution in [0.2, 0.25) is 0 Å². The van der Waals surface area contributed by atoms with Crippen LogP contribution in [0.15, 0.2) is 24.5 Å². The molecule has 0 atom stereocenters. The van der Waals surface area contributed by atoms with Crippen molar-refractivity contribution < 1.29 is 0 Å². The number of hydrogen-bond acceptors (Lipinski definition) is 5. The zero-order valence-electron chi connectivity index (χ0n) is 7.14. The molecule has 0 amide bonds. The van der Waals surface area contributed by atoms with E-state index in [4.69, 9.17) is 5.73 Å². The quantitative estimate of drug-likeness (QED) is 0.604. The van der Waals surface area contributed by atoms with Crippen molar-refractivity contribution in [1.29, 1.82) is 0 Å². The number of nitrogen functional groups attached to an aromatic ring is 1. The molecule has 4 nitrogen and oxygen atoms in total. The summed E-state index contributed by atoms with van der Waals surface area (Å²) in [5.74, 6) is 0.477. The van der Waals surface area contributed by atoms with Crippen LogP contribution < -0.4 is 5.73 Å². The van der Waals surface area contributed by atoms with Crippen molar-refractivity contribution >= 4 is 37.5 Å². The lowest BCUT2D eigenvalue weighted by Crippen LogP contribution is -1.90. The van der Waals surface area contributed by atoms with Crippen LogP contribution in [0.1, 0.15) is 0 Å². The minimum atomic E-state index is 0.477. The topological polar surface area (TPSA) is 64.7 Å². The van der Waals surface area contributed by atoms with Crippen molar-refractivity contribution in [3.63, 3.8) is 0 Å². The molecule has 0 saturated carbocycles. The third-order valence-electron chi connectivity index (χ3n) is 2.09. The molecule has 0 spiro atoms. The Morgan fingerprint density at radius 3 is 3.14 bits per heavy atom. The first-order valence-corrected chi connectivity index (χ1v) is 4.92. The highest BCUT2D eigenvalue weighted by atomic mass is 32.1. The highest BCUT2D eigenvalue weighted by Crippen LogP contribution is 2.33. The highest BCUT2D eigenvalue weighted by Gasteiger charge is 2.08. The fourth-order valence-corrected chi connectivity index (χ4v) is 2.48. The number of hydrogen-bond donors (Lipinski definition) is 1. The largest absolute Gasteiger partial charge is 0.381 e. The molecule has 3 aromatic heterocycles. The van der Waals surface area contributed by atoms with Crippen LogP contribution in [-0.2, 0) is 0 Å². The van der Waals surface area contributed by atoms with E-state index in [0.29, 0.717) is 5.82 Å². The summed E-state index contributed by atoms with van der Waals surface area (Å²) in [5, 5.41) is 9.78. The van der Waals surface area contributed by atoms with E-state index in [9.17, 15) is 0 Å². The molecule has 0 aliphatic heterocycles. The molecule has 0 radical (unpaired) electrons. The number of fused-ring (bicyclic) bond motifs is 3. The molecule has 2 N–H and O–H groups in total. The zero-order valence-corrected chi connectivity index (χ0v) is 7.95. The summed E-state index contributed by atoms with van der Waals surface area (Å²) < 4.78 is 0.966. The van der Waals surface area contributed by atoms with E-state index in [1.54, 1.807) is 23.7 Å². The van der Waals surface area contributed by atoms with Gasteiger partial charge in [0.15, 0.2) is 5.82 Å². The summed E-state index contributed by atoms with van der Waals surface area (Å²) in [6, 6.07) is 3.92. The second-order valence-corrected chi connectivity index (χ2v) is 3.93. The van der Waals surface area contributed by atoms with Gasteiger partial charge in [0, 0.05) is 17.0 Å². The number of nitrogens with zero attached hydrogens (tertiary/aromatic N) is 3. The van der Waals surface area contributed by atoms with Crippen LogP contribution in [-0.4, -0.2) is 15.2 Å². The monoisotopic (exact) mass is 202 g/mol.